The predicted octanol–water partition coefficient (Wildman–Crippen LogP) is 3.88. The average Bonchev–Trinajstić information content (AvgIpc) is 3.53. The summed E-state index contributed by atoms with van der Waals surface area (Å²) in [5.74, 6) is 5.85. The monoisotopic (exact) mass is 544 g/mol. The highest BCUT2D eigenvalue weighted by Gasteiger charge is 2.23. The van der Waals surface area contributed by atoms with Crippen molar-refractivity contribution in [1.82, 2.24) is 34.3 Å². The quantitative estimate of drug-likeness (QED) is 0.325. The molecule has 4 aromatic heterocycles. The van der Waals surface area contributed by atoms with Crippen LogP contribution >= 0.6 is 0 Å². The fourth-order valence-electron chi connectivity index (χ4n) is 4.73. The standard InChI is InChI=1S/C30H24N8O2.CH4/c1-19(34-29(39)27-28(31)35-25-12-7-15-32-38(25)27)24-16-22-9-6-8-21(14-13-20-17-33-36(2)18-20)26(22)30(40)37(24)23-10-4-3-5-11-23;/h3-12,15-19H,31H2,1-2H3,(H,34,39);1H4/t19-;/m0./s1. The number of benzene rings is 2. The Labute approximate surface area is 236 Å². The van der Waals surface area contributed by atoms with E-state index in [1.54, 1.807) is 33.8 Å². The van der Waals surface area contributed by atoms with Gasteiger partial charge in [-0.3, -0.25) is 18.8 Å². The van der Waals surface area contributed by atoms with Gasteiger partial charge in [0.1, 0.15) is 0 Å². The molecule has 6 aromatic rings. The van der Waals surface area contributed by atoms with Crippen LogP contribution in [0.2, 0.25) is 0 Å². The minimum Gasteiger partial charge on any atom is -0.382 e. The summed E-state index contributed by atoms with van der Waals surface area (Å²) < 4.78 is 4.68. The summed E-state index contributed by atoms with van der Waals surface area (Å²) in [4.78, 5) is 31.8. The van der Waals surface area contributed by atoms with Crippen molar-refractivity contribution in [3.05, 3.63) is 118 Å². The fourth-order valence-corrected chi connectivity index (χ4v) is 4.73. The molecule has 0 fully saturated rings. The molecule has 6 rings (SSSR count). The lowest BCUT2D eigenvalue weighted by atomic mass is 10.0. The van der Waals surface area contributed by atoms with E-state index in [4.69, 9.17) is 5.73 Å². The largest absolute Gasteiger partial charge is 0.382 e. The number of nitrogen functional groups attached to an aromatic ring is 1. The Bertz CT molecular complexity index is 2030. The number of imidazole rings is 1. The zero-order valence-corrected chi connectivity index (χ0v) is 21.7. The number of hydrogen-bond acceptors (Lipinski definition) is 6. The number of nitrogens with two attached hydrogens (primary N) is 1. The molecule has 10 heteroatoms. The first-order valence-corrected chi connectivity index (χ1v) is 12.6. The zero-order chi connectivity index (χ0) is 27.8. The minimum absolute atomic E-state index is 0. The van der Waals surface area contributed by atoms with Gasteiger partial charge < -0.3 is 11.1 Å². The number of aryl methyl sites for hydroxylation is 1. The number of rotatable bonds is 4. The lowest BCUT2D eigenvalue weighted by molar-refractivity contribution is 0.0932. The lowest BCUT2D eigenvalue weighted by Crippen LogP contribution is -2.33. The van der Waals surface area contributed by atoms with Crippen molar-refractivity contribution in [2.45, 2.75) is 20.4 Å². The first-order valence-electron chi connectivity index (χ1n) is 12.6. The van der Waals surface area contributed by atoms with E-state index in [0.717, 1.165) is 5.56 Å². The fraction of sp³-hybridized carbons (Fsp3) is 0.129. The van der Waals surface area contributed by atoms with Crippen LogP contribution in [0.1, 0.15) is 47.7 Å². The van der Waals surface area contributed by atoms with E-state index in [-0.39, 0.29) is 24.5 Å². The van der Waals surface area contributed by atoms with Crippen LogP contribution in [-0.2, 0) is 7.05 Å². The minimum atomic E-state index is -0.580. The van der Waals surface area contributed by atoms with Crippen molar-refractivity contribution in [3.63, 3.8) is 0 Å². The van der Waals surface area contributed by atoms with E-state index in [1.807, 2.05) is 74.8 Å². The summed E-state index contributed by atoms with van der Waals surface area (Å²) in [5.41, 5.74) is 9.02. The first-order chi connectivity index (χ1) is 19.4. The maximum atomic E-state index is 14.2. The number of amides is 1. The van der Waals surface area contributed by atoms with Gasteiger partial charge in [0.05, 0.1) is 23.2 Å². The third-order valence-electron chi connectivity index (χ3n) is 6.56. The molecule has 2 aromatic carbocycles. The molecule has 0 aliphatic carbocycles. The van der Waals surface area contributed by atoms with Crippen molar-refractivity contribution in [2.75, 3.05) is 5.73 Å². The number of nitrogens with one attached hydrogen (secondary N) is 1. The molecule has 0 spiro atoms. The van der Waals surface area contributed by atoms with E-state index in [9.17, 15) is 9.59 Å². The van der Waals surface area contributed by atoms with Gasteiger partial charge in [0.25, 0.3) is 11.5 Å². The second-order valence-electron chi connectivity index (χ2n) is 9.30. The number of nitrogens with zero attached hydrogens (tertiary/aromatic N) is 6. The smallest absolute Gasteiger partial charge is 0.274 e. The van der Waals surface area contributed by atoms with Crippen molar-refractivity contribution in [3.8, 4) is 17.5 Å². The molecule has 1 atom stereocenters. The van der Waals surface area contributed by atoms with Gasteiger partial charge in [-0.2, -0.15) is 10.2 Å². The summed E-state index contributed by atoms with van der Waals surface area (Å²) in [6.07, 6.45) is 5.04. The van der Waals surface area contributed by atoms with E-state index in [2.05, 4.69) is 32.3 Å². The van der Waals surface area contributed by atoms with Gasteiger partial charge >= 0.3 is 0 Å². The van der Waals surface area contributed by atoms with Crippen LogP contribution in [0.25, 0.3) is 22.1 Å². The molecule has 0 saturated carbocycles. The molecule has 0 radical (unpaired) electrons. The van der Waals surface area contributed by atoms with Gasteiger partial charge in [0.2, 0.25) is 0 Å². The van der Waals surface area contributed by atoms with Gasteiger partial charge in [-0.1, -0.05) is 49.6 Å². The van der Waals surface area contributed by atoms with Crippen LogP contribution in [0.15, 0.2) is 90.1 Å². The summed E-state index contributed by atoms with van der Waals surface area (Å²) in [6, 6.07) is 19.6. The van der Waals surface area contributed by atoms with E-state index < -0.39 is 11.9 Å². The van der Waals surface area contributed by atoms with Crippen LogP contribution in [0.3, 0.4) is 0 Å². The number of carbonyl (C=O) groups excluding carboxylic acids is 1. The molecule has 1 amide bonds. The summed E-state index contributed by atoms with van der Waals surface area (Å²) in [6.45, 7) is 1.82. The topological polar surface area (TPSA) is 125 Å². The number of aromatic nitrogens is 6. The van der Waals surface area contributed by atoms with Crippen molar-refractivity contribution < 1.29 is 4.79 Å². The van der Waals surface area contributed by atoms with Crippen molar-refractivity contribution in [1.29, 1.82) is 0 Å². The summed E-state index contributed by atoms with van der Waals surface area (Å²) in [7, 11) is 1.82. The number of anilines is 1. The highest BCUT2D eigenvalue weighted by Crippen LogP contribution is 2.24. The number of pyridine rings is 1. The Hall–Kier alpha value is -5.69. The molecule has 3 N–H and O–H groups in total. The van der Waals surface area contributed by atoms with Crippen LogP contribution in [0, 0.1) is 11.8 Å². The molecular formula is C31H28N8O2. The van der Waals surface area contributed by atoms with Gasteiger partial charge in [-0.05, 0) is 48.7 Å². The van der Waals surface area contributed by atoms with Crippen LogP contribution in [-0.4, -0.2) is 34.9 Å². The molecule has 41 heavy (non-hydrogen) atoms. The highest BCUT2D eigenvalue weighted by atomic mass is 16.2. The number of carbonyl (C=O) groups is 1. The SMILES string of the molecule is C.C[C@H](NC(=O)c1c(N)nc2cccnn12)c1cc2cccc(C#Cc3cnn(C)c3)c2c(=O)n1-c1ccccc1. The third kappa shape index (κ3) is 4.92. The maximum Gasteiger partial charge on any atom is 0.274 e. The van der Waals surface area contributed by atoms with Crippen LogP contribution < -0.4 is 16.6 Å². The maximum absolute atomic E-state index is 14.2. The van der Waals surface area contributed by atoms with E-state index >= 15 is 0 Å². The van der Waals surface area contributed by atoms with E-state index in [0.29, 0.717) is 33.4 Å². The van der Waals surface area contributed by atoms with Gasteiger partial charge in [-0.25, -0.2) is 9.50 Å². The number of para-hydroxylation sites is 1. The van der Waals surface area contributed by atoms with Gasteiger partial charge in [0.15, 0.2) is 17.2 Å². The Morgan fingerprint density at radius 2 is 1.83 bits per heavy atom. The Kier molecular flexibility index (Phi) is 7.10. The highest BCUT2D eigenvalue weighted by molar-refractivity contribution is 5.98. The molecule has 10 nitrogen and oxygen atoms in total. The normalized spacial score (nSPS) is 11.5. The second-order valence-corrected chi connectivity index (χ2v) is 9.30. The first kappa shape index (κ1) is 26.9. The van der Waals surface area contributed by atoms with Gasteiger partial charge in [0, 0.05) is 36.4 Å². The van der Waals surface area contributed by atoms with Crippen molar-refractivity contribution in [2.24, 2.45) is 7.05 Å². The zero-order valence-electron chi connectivity index (χ0n) is 21.7. The van der Waals surface area contributed by atoms with Crippen LogP contribution in [0.4, 0.5) is 5.82 Å². The Morgan fingerprint density at radius 1 is 1.02 bits per heavy atom. The van der Waals surface area contributed by atoms with Gasteiger partial charge in [-0.15, -0.1) is 0 Å². The average molecular weight is 545 g/mol. The Morgan fingerprint density at radius 3 is 2.59 bits per heavy atom. The molecule has 0 aliphatic rings. The molecule has 0 unspecified atom stereocenters. The third-order valence-corrected chi connectivity index (χ3v) is 6.56. The summed E-state index contributed by atoms with van der Waals surface area (Å²) in [5, 5.41) is 12.5. The second kappa shape index (κ2) is 10.8. The number of fused-ring (bicyclic) bond motifs is 2. The molecule has 0 saturated heterocycles. The number of hydrogen-bond donors (Lipinski definition) is 2. The molecule has 204 valence electrons. The molecular weight excluding hydrogens is 516 g/mol. The van der Waals surface area contributed by atoms with E-state index in [1.165, 1.54) is 4.52 Å². The molecule has 0 aliphatic heterocycles. The van der Waals surface area contributed by atoms with Crippen molar-refractivity contribution >= 4 is 28.1 Å². The Balaban J connectivity index is 0.00000337. The summed E-state index contributed by atoms with van der Waals surface area (Å²) >= 11 is 0. The van der Waals surface area contributed by atoms with Crippen LogP contribution in [0.5, 0.6) is 0 Å². The molecule has 4 heterocycles. The lowest BCUT2D eigenvalue weighted by Gasteiger charge is -2.21. The predicted molar refractivity (Wildman–Crippen MR) is 159 cm³/mol. The molecule has 0 bridgehead atoms.